The standard InChI is InChI=1S/C12H9BrClNO2/c1-2-17-12(16)9-6-15-10-4-3-7(13)5-8(10)11(9)14/h3-6H,2H2,1H3. The van der Waals surface area contributed by atoms with Gasteiger partial charge in [-0.15, -0.1) is 0 Å². The second-order valence-electron chi connectivity index (χ2n) is 3.37. The molecule has 0 N–H and O–H groups in total. The summed E-state index contributed by atoms with van der Waals surface area (Å²) in [5.41, 5.74) is 1.03. The molecule has 0 amide bonds. The van der Waals surface area contributed by atoms with Crippen LogP contribution < -0.4 is 0 Å². The molecule has 0 bridgehead atoms. The molecule has 2 aromatic rings. The predicted molar refractivity (Wildman–Crippen MR) is 70.4 cm³/mol. The molecule has 0 saturated carbocycles. The Morgan fingerprint density at radius 1 is 1.53 bits per heavy atom. The van der Waals surface area contributed by atoms with E-state index in [9.17, 15) is 4.79 Å². The van der Waals surface area contributed by atoms with Gasteiger partial charge in [-0.25, -0.2) is 4.79 Å². The SMILES string of the molecule is CCOC(=O)c1cnc2ccc(Br)cc2c1Cl. The smallest absolute Gasteiger partial charge is 0.341 e. The zero-order valence-electron chi connectivity index (χ0n) is 9.04. The number of benzene rings is 1. The number of hydrogen-bond acceptors (Lipinski definition) is 3. The second-order valence-corrected chi connectivity index (χ2v) is 4.66. The van der Waals surface area contributed by atoms with Gasteiger partial charge in [0.25, 0.3) is 0 Å². The van der Waals surface area contributed by atoms with E-state index in [1.807, 2.05) is 18.2 Å². The first-order valence-electron chi connectivity index (χ1n) is 5.04. The van der Waals surface area contributed by atoms with E-state index in [-0.39, 0.29) is 0 Å². The summed E-state index contributed by atoms with van der Waals surface area (Å²) in [7, 11) is 0. The maximum atomic E-state index is 11.6. The topological polar surface area (TPSA) is 39.2 Å². The van der Waals surface area contributed by atoms with E-state index in [0.717, 1.165) is 15.4 Å². The summed E-state index contributed by atoms with van der Waals surface area (Å²) in [6, 6.07) is 5.53. The first-order chi connectivity index (χ1) is 8.13. The Hall–Kier alpha value is -1.13. The monoisotopic (exact) mass is 313 g/mol. The van der Waals surface area contributed by atoms with Crippen molar-refractivity contribution in [1.82, 2.24) is 4.98 Å². The van der Waals surface area contributed by atoms with Crippen LogP contribution >= 0.6 is 27.5 Å². The van der Waals surface area contributed by atoms with E-state index in [2.05, 4.69) is 20.9 Å². The molecule has 0 fully saturated rings. The maximum absolute atomic E-state index is 11.6. The van der Waals surface area contributed by atoms with Crippen LogP contribution in [0, 0.1) is 0 Å². The highest BCUT2D eigenvalue weighted by molar-refractivity contribution is 9.10. The van der Waals surface area contributed by atoms with Gasteiger partial charge in [-0.05, 0) is 25.1 Å². The highest BCUT2D eigenvalue weighted by atomic mass is 79.9. The number of hydrogen-bond donors (Lipinski definition) is 0. The molecule has 1 aromatic heterocycles. The van der Waals surface area contributed by atoms with Crippen LogP contribution in [0.3, 0.4) is 0 Å². The Kier molecular flexibility index (Phi) is 3.64. The third kappa shape index (κ3) is 2.42. The fourth-order valence-electron chi connectivity index (χ4n) is 1.48. The number of rotatable bonds is 2. The summed E-state index contributed by atoms with van der Waals surface area (Å²) in [6.07, 6.45) is 1.44. The first kappa shape index (κ1) is 12.3. The summed E-state index contributed by atoms with van der Waals surface area (Å²) in [4.78, 5) is 15.8. The van der Waals surface area contributed by atoms with Crippen molar-refractivity contribution in [2.45, 2.75) is 6.92 Å². The van der Waals surface area contributed by atoms with Crippen molar-refractivity contribution in [2.24, 2.45) is 0 Å². The van der Waals surface area contributed by atoms with Gasteiger partial charge in [-0.3, -0.25) is 4.98 Å². The van der Waals surface area contributed by atoms with Crippen molar-refractivity contribution in [2.75, 3.05) is 6.61 Å². The van der Waals surface area contributed by atoms with E-state index >= 15 is 0 Å². The van der Waals surface area contributed by atoms with Crippen LogP contribution in [0.5, 0.6) is 0 Å². The molecule has 17 heavy (non-hydrogen) atoms. The lowest BCUT2D eigenvalue weighted by atomic mass is 10.1. The van der Waals surface area contributed by atoms with E-state index in [1.165, 1.54) is 6.20 Å². The Morgan fingerprint density at radius 2 is 2.29 bits per heavy atom. The van der Waals surface area contributed by atoms with Gasteiger partial charge in [-0.1, -0.05) is 27.5 Å². The van der Waals surface area contributed by atoms with Gasteiger partial charge in [0.05, 0.1) is 22.7 Å². The molecule has 0 unspecified atom stereocenters. The van der Waals surface area contributed by atoms with Crippen LogP contribution in [0.1, 0.15) is 17.3 Å². The number of pyridine rings is 1. The molecule has 0 saturated heterocycles. The molecular weight excluding hydrogens is 305 g/mol. The Morgan fingerprint density at radius 3 is 3.00 bits per heavy atom. The van der Waals surface area contributed by atoms with Crippen LogP contribution in [0.4, 0.5) is 0 Å². The third-order valence-corrected chi connectivity index (χ3v) is 3.16. The number of carbonyl (C=O) groups is 1. The molecule has 0 spiro atoms. The van der Waals surface area contributed by atoms with Crippen molar-refractivity contribution in [3.8, 4) is 0 Å². The Balaban J connectivity index is 2.60. The van der Waals surface area contributed by atoms with Gasteiger partial charge < -0.3 is 4.74 Å². The summed E-state index contributed by atoms with van der Waals surface area (Å²) in [6.45, 7) is 2.06. The average Bonchev–Trinajstić information content (AvgIpc) is 2.30. The second kappa shape index (κ2) is 5.02. The lowest BCUT2D eigenvalue weighted by Crippen LogP contribution is -2.06. The number of aromatic nitrogens is 1. The molecular formula is C12H9BrClNO2. The number of halogens is 2. The van der Waals surface area contributed by atoms with Crippen LogP contribution in [-0.2, 0) is 4.74 Å². The zero-order chi connectivity index (χ0) is 12.4. The number of ether oxygens (including phenoxy) is 1. The normalized spacial score (nSPS) is 10.5. The van der Waals surface area contributed by atoms with E-state index in [1.54, 1.807) is 6.92 Å². The molecule has 1 heterocycles. The molecule has 0 atom stereocenters. The fourth-order valence-corrected chi connectivity index (χ4v) is 2.12. The van der Waals surface area contributed by atoms with Crippen molar-refractivity contribution in [3.63, 3.8) is 0 Å². The maximum Gasteiger partial charge on any atom is 0.341 e. The molecule has 0 aliphatic heterocycles. The van der Waals surface area contributed by atoms with Crippen molar-refractivity contribution in [1.29, 1.82) is 0 Å². The molecule has 5 heteroatoms. The van der Waals surface area contributed by atoms with Gasteiger partial charge in [0, 0.05) is 16.1 Å². The summed E-state index contributed by atoms with van der Waals surface area (Å²) >= 11 is 9.54. The summed E-state index contributed by atoms with van der Waals surface area (Å²) < 4.78 is 5.80. The lowest BCUT2D eigenvalue weighted by molar-refractivity contribution is 0.0526. The fraction of sp³-hybridized carbons (Fsp3) is 0.167. The van der Waals surface area contributed by atoms with Crippen LogP contribution in [-0.4, -0.2) is 17.6 Å². The molecule has 0 radical (unpaired) electrons. The summed E-state index contributed by atoms with van der Waals surface area (Å²) in [5, 5.41) is 1.10. The minimum Gasteiger partial charge on any atom is -0.462 e. The van der Waals surface area contributed by atoms with E-state index in [0.29, 0.717) is 17.2 Å². The minimum absolute atomic E-state index is 0.291. The summed E-state index contributed by atoms with van der Waals surface area (Å²) in [5.74, 6) is -0.452. The highest BCUT2D eigenvalue weighted by Gasteiger charge is 2.14. The van der Waals surface area contributed by atoms with Gasteiger partial charge in [-0.2, -0.15) is 0 Å². The number of nitrogens with zero attached hydrogens (tertiary/aromatic N) is 1. The van der Waals surface area contributed by atoms with Gasteiger partial charge >= 0.3 is 5.97 Å². The van der Waals surface area contributed by atoms with Crippen LogP contribution in [0.15, 0.2) is 28.9 Å². The van der Waals surface area contributed by atoms with Crippen LogP contribution in [0.25, 0.3) is 10.9 Å². The quantitative estimate of drug-likeness (QED) is 0.791. The van der Waals surface area contributed by atoms with Gasteiger partial charge in [0.15, 0.2) is 0 Å². The molecule has 1 aromatic carbocycles. The Bertz CT molecular complexity index is 586. The molecule has 3 nitrogen and oxygen atoms in total. The minimum atomic E-state index is -0.452. The Labute approximate surface area is 112 Å². The third-order valence-electron chi connectivity index (χ3n) is 2.26. The first-order valence-corrected chi connectivity index (χ1v) is 6.21. The van der Waals surface area contributed by atoms with Crippen LogP contribution in [0.2, 0.25) is 5.02 Å². The largest absolute Gasteiger partial charge is 0.462 e. The van der Waals surface area contributed by atoms with Crippen molar-refractivity contribution < 1.29 is 9.53 Å². The molecule has 88 valence electrons. The predicted octanol–water partition coefficient (Wildman–Crippen LogP) is 3.83. The molecule has 0 aliphatic carbocycles. The zero-order valence-corrected chi connectivity index (χ0v) is 11.4. The van der Waals surface area contributed by atoms with Gasteiger partial charge in [0.2, 0.25) is 0 Å². The molecule has 0 aliphatic rings. The average molecular weight is 315 g/mol. The van der Waals surface area contributed by atoms with Gasteiger partial charge in [0.1, 0.15) is 0 Å². The number of esters is 1. The highest BCUT2D eigenvalue weighted by Crippen LogP contribution is 2.28. The van der Waals surface area contributed by atoms with Crippen molar-refractivity contribution in [3.05, 3.63) is 39.5 Å². The van der Waals surface area contributed by atoms with Crippen molar-refractivity contribution >= 4 is 44.4 Å². The molecule has 2 rings (SSSR count). The van der Waals surface area contributed by atoms with E-state index < -0.39 is 5.97 Å². The number of fused-ring (bicyclic) bond motifs is 1. The lowest BCUT2D eigenvalue weighted by Gasteiger charge is -2.06. The number of carbonyl (C=O) groups excluding carboxylic acids is 1. The van der Waals surface area contributed by atoms with E-state index in [4.69, 9.17) is 16.3 Å².